The van der Waals surface area contributed by atoms with E-state index in [-0.39, 0.29) is 23.9 Å². The highest BCUT2D eigenvalue weighted by Crippen LogP contribution is 2.32. The average Bonchev–Trinajstić information content (AvgIpc) is 3.21. The van der Waals surface area contributed by atoms with Gasteiger partial charge in [0.2, 0.25) is 0 Å². The Morgan fingerprint density at radius 3 is 2.53 bits per heavy atom. The van der Waals surface area contributed by atoms with E-state index in [4.69, 9.17) is 4.74 Å². The van der Waals surface area contributed by atoms with Gasteiger partial charge in [0.05, 0.1) is 19.1 Å². The molecule has 1 aliphatic rings. The summed E-state index contributed by atoms with van der Waals surface area (Å²) >= 11 is 0. The topological polar surface area (TPSA) is 43.4 Å². The van der Waals surface area contributed by atoms with Crippen molar-refractivity contribution in [3.8, 4) is 5.75 Å². The van der Waals surface area contributed by atoms with Crippen molar-refractivity contribution in [3.05, 3.63) is 29.3 Å². The van der Waals surface area contributed by atoms with Crippen LogP contribution in [0, 0.1) is 5.92 Å². The first kappa shape index (κ1) is 13.8. The third-order valence-electron chi connectivity index (χ3n) is 3.56. The predicted octanol–water partition coefficient (Wildman–Crippen LogP) is 3.37. The molecule has 0 atom stereocenters. The molecule has 0 aromatic heterocycles. The Bertz CT molecular complexity index is 499. The summed E-state index contributed by atoms with van der Waals surface area (Å²) in [5.74, 6) is 0.969. The van der Waals surface area contributed by atoms with E-state index >= 15 is 0 Å². The van der Waals surface area contributed by atoms with Crippen molar-refractivity contribution < 1.29 is 14.3 Å². The Hall–Kier alpha value is -1.64. The normalized spacial score (nSPS) is 14.5. The van der Waals surface area contributed by atoms with E-state index in [0.29, 0.717) is 17.2 Å². The van der Waals surface area contributed by atoms with Crippen LogP contribution < -0.4 is 4.74 Å². The number of hydrogen-bond acceptors (Lipinski definition) is 3. The van der Waals surface area contributed by atoms with Crippen LogP contribution in [0.3, 0.4) is 0 Å². The molecule has 0 amide bonds. The third kappa shape index (κ3) is 3.22. The molecule has 3 nitrogen and oxygen atoms in total. The molecule has 102 valence electrons. The molecule has 0 bridgehead atoms. The number of Topliss-reactive ketones (excluding diaryl/α,β-unsaturated/α-hetero) is 2. The summed E-state index contributed by atoms with van der Waals surface area (Å²) in [6, 6.07) is 5.62. The van der Waals surface area contributed by atoms with Gasteiger partial charge in [0.15, 0.2) is 5.78 Å². The molecule has 1 aromatic carbocycles. The van der Waals surface area contributed by atoms with Crippen molar-refractivity contribution >= 4 is 11.6 Å². The van der Waals surface area contributed by atoms with Gasteiger partial charge in [-0.1, -0.05) is 19.9 Å². The van der Waals surface area contributed by atoms with Gasteiger partial charge in [-0.3, -0.25) is 9.59 Å². The van der Waals surface area contributed by atoms with Crippen molar-refractivity contribution in [1.82, 2.24) is 0 Å². The number of ketones is 2. The smallest absolute Gasteiger partial charge is 0.173 e. The number of carbonyl (C=O) groups is 2. The van der Waals surface area contributed by atoms with Gasteiger partial charge in [-0.25, -0.2) is 0 Å². The highest BCUT2D eigenvalue weighted by molar-refractivity contribution is 6.10. The predicted molar refractivity (Wildman–Crippen MR) is 73.8 cm³/mol. The summed E-state index contributed by atoms with van der Waals surface area (Å²) < 4.78 is 5.23. The van der Waals surface area contributed by atoms with E-state index in [1.54, 1.807) is 7.11 Å². The van der Waals surface area contributed by atoms with Gasteiger partial charge in [-0.05, 0) is 36.5 Å². The van der Waals surface area contributed by atoms with Crippen LogP contribution in [0.2, 0.25) is 0 Å². The number of carbonyl (C=O) groups excluding carboxylic acids is 2. The fourth-order valence-electron chi connectivity index (χ4n) is 2.11. The maximum absolute atomic E-state index is 12.2. The molecular formula is C16H20O3. The number of hydrogen-bond donors (Lipinski definition) is 0. The lowest BCUT2D eigenvalue weighted by Crippen LogP contribution is -2.11. The average molecular weight is 260 g/mol. The first-order chi connectivity index (χ1) is 9.02. The molecule has 19 heavy (non-hydrogen) atoms. The lowest BCUT2D eigenvalue weighted by Gasteiger charge is -2.11. The van der Waals surface area contributed by atoms with Crippen LogP contribution in [0.25, 0.3) is 0 Å². The molecule has 1 saturated carbocycles. The third-order valence-corrected chi connectivity index (χ3v) is 3.56. The molecule has 1 fully saturated rings. The van der Waals surface area contributed by atoms with E-state index in [2.05, 4.69) is 13.8 Å². The SMILES string of the molecule is COc1ccc(C(C)C)cc1C(=O)CC(=O)C1CC1. The monoisotopic (exact) mass is 260 g/mol. The zero-order chi connectivity index (χ0) is 14.0. The van der Waals surface area contributed by atoms with Gasteiger partial charge in [0.1, 0.15) is 11.5 Å². The number of methoxy groups -OCH3 is 1. The van der Waals surface area contributed by atoms with Crippen molar-refractivity contribution in [2.75, 3.05) is 7.11 Å². The number of ether oxygens (including phenoxy) is 1. The summed E-state index contributed by atoms with van der Waals surface area (Å²) in [6.45, 7) is 4.15. The summed E-state index contributed by atoms with van der Waals surface area (Å²) in [5.41, 5.74) is 1.62. The minimum atomic E-state index is -0.128. The Balaban J connectivity index is 2.22. The van der Waals surface area contributed by atoms with Crippen molar-refractivity contribution in [2.45, 2.75) is 39.0 Å². The van der Waals surface area contributed by atoms with Crippen molar-refractivity contribution in [3.63, 3.8) is 0 Å². The minimum absolute atomic E-state index is 0.00255. The minimum Gasteiger partial charge on any atom is -0.496 e. The molecule has 3 heteroatoms. The van der Waals surface area contributed by atoms with Gasteiger partial charge in [0.25, 0.3) is 0 Å². The maximum atomic E-state index is 12.2. The zero-order valence-corrected chi connectivity index (χ0v) is 11.7. The van der Waals surface area contributed by atoms with Crippen LogP contribution in [0.5, 0.6) is 5.75 Å². The molecule has 1 aromatic rings. The molecule has 0 radical (unpaired) electrons. The molecule has 2 rings (SSSR count). The molecule has 0 saturated heterocycles. The van der Waals surface area contributed by atoms with Gasteiger partial charge >= 0.3 is 0 Å². The van der Waals surface area contributed by atoms with Crippen LogP contribution in [0.1, 0.15) is 54.9 Å². The van der Waals surface area contributed by atoms with Crippen molar-refractivity contribution in [1.29, 1.82) is 0 Å². The Morgan fingerprint density at radius 1 is 1.32 bits per heavy atom. The molecule has 0 unspecified atom stereocenters. The van der Waals surface area contributed by atoms with Gasteiger partial charge in [-0.2, -0.15) is 0 Å². The van der Waals surface area contributed by atoms with Crippen LogP contribution in [-0.2, 0) is 4.79 Å². The molecule has 0 N–H and O–H groups in total. The number of benzene rings is 1. The van der Waals surface area contributed by atoms with Gasteiger partial charge in [0, 0.05) is 5.92 Å². The summed E-state index contributed by atoms with van der Waals surface area (Å²) in [7, 11) is 1.55. The highest BCUT2D eigenvalue weighted by atomic mass is 16.5. The fourth-order valence-corrected chi connectivity index (χ4v) is 2.11. The van der Waals surface area contributed by atoms with Crippen molar-refractivity contribution in [2.24, 2.45) is 5.92 Å². The maximum Gasteiger partial charge on any atom is 0.173 e. The van der Waals surface area contributed by atoms with E-state index < -0.39 is 0 Å². The zero-order valence-electron chi connectivity index (χ0n) is 11.7. The number of rotatable bonds is 6. The lowest BCUT2D eigenvalue weighted by atomic mass is 9.96. The highest BCUT2D eigenvalue weighted by Gasteiger charge is 2.31. The first-order valence-electron chi connectivity index (χ1n) is 6.76. The molecule has 0 heterocycles. The second-order valence-electron chi connectivity index (χ2n) is 5.45. The van der Waals surface area contributed by atoms with E-state index in [1.807, 2.05) is 18.2 Å². The van der Waals surface area contributed by atoms with Crippen LogP contribution >= 0.6 is 0 Å². The Kier molecular flexibility index (Phi) is 4.03. The molecular weight excluding hydrogens is 240 g/mol. The quantitative estimate of drug-likeness (QED) is 0.582. The summed E-state index contributed by atoms with van der Waals surface area (Å²) in [5, 5.41) is 0. The molecule has 0 spiro atoms. The summed E-state index contributed by atoms with van der Waals surface area (Å²) in [4.78, 5) is 24.0. The van der Waals surface area contributed by atoms with Gasteiger partial charge in [-0.15, -0.1) is 0 Å². The van der Waals surface area contributed by atoms with Crippen LogP contribution in [0.4, 0.5) is 0 Å². The van der Waals surface area contributed by atoms with E-state index in [1.165, 1.54) is 0 Å². The fraction of sp³-hybridized carbons (Fsp3) is 0.500. The second kappa shape index (κ2) is 5.55. The van der Waals surface area contributed by atoms with Crippen LogP contribution in [-0.4, -0.2) is 18.7 Å². The van der Waals surface area contributed by atoms with E-state index in [9.17, 15) is 9.59 Å². The largest absolute Gasteiger partial charge is 0.496 e. The molecule has 0 aliphatic heterocycles. The Labute approximate surface area is 114 Å². The standard InChI is InChI=1S/C16H20O3/c1-10(2)12-6-7-16(19-3)13(8-12)15(18)9-14(17)11-4-5-11/h6-8,10-11H,4-5,9H2,1-3H3. The molecule has 1 aliphatic carbocycles. The Morgan fingerprint density at radius 2 is 2.00 bits per heavy atom. The van der Waals surface area contributed by atoms with E-state index in [0.717, 1.165) is 18.4 Å². The lowest BCUT2D eigenvalue weighted by molar-refractivity contribution is -0.119. The summed E-state index contributed by atoms with van der Waals surface area (Å²) in [6.07, 6.45) is 1.88. The first-order valence-corrected chi connectivity index (χ1v) is 6.76. The van der Waals surface area contributed by atoms with Gasteiger partial charge < -0.3 is 4.74 Å². The van der Waals surface area contributed by atoms with Crippen LogP contribution in [0.15, 0.2) is 18.2 Å². The second-order valence-corrected chi connectivity index (χ2v) is 5.45.